The Morgan fingerprint density at radius 3 is 2.31 bits per heavy atom. The Bertz CT molecular complexity index is 1010. The average molecular weight is 439 g/mol. The number of nitrogens with one attached hydrogen (secondary N) is 1. The first-order valence-electron chi connectivity index (χ1n) is 8.83. The molecular weight excluding hydrogens is 416 g/mol. The summed E-state index contributed by atoms with van der Waals surface area (Å²) >= 11 is 5.90. The first-order chi connectivity index (χ1) is 13.6. The number of aryl methyl sites for hydroxylation is 1. The second-order valence-corrected chi connectivity index (χ2v) is 8.77. The highest BCUT2D eigenvalue weighted by atomic mass is 35.5. The third-order valence-corrected chi connectivity index (χ3v) is 5.76. The summed E-state index contributed by atoms with van der Waals surface area (Å²) < 4.78 is 30.7. The van der Waals surface area contributed by atoms with Crippen LogP contribution in [0.25, 0.3) is 0 Å². The monoisotopic (exact) mass is 438 g/mol. The number of rotatable bonds is 7. The van der Waals surface area contributed by atoms with Gasteiger partial charge in [-0.15, -0.1) is 0 Å². The fourth-order valence-electron chi connectivity index (χ4n) is 2.87. The lowest BCUT2D eigenvalue weighted by molar-refractivity contribution is -0.117. The van der Waals surface area contributed by atoms with E-state index in [2.05, 4.69) is 5.32 Å². The van der Waals surface area contributed by atoms with Crippen molar-refractivity contribution in [3.63, 3.8) is 0 Å². The van der Waals surface area contributed by atoms with Gasteiger partial charge in [0.2, 0.25) is 15.9 Å². The molecule has 29 heavy (non-hydrogen) atoms. The van der Waals surface area contributed by atoms with Crippen LogP contribution in [0.2, 0.25) is 5.02 Å². The van der Waals surface area contributed by atoms with E-state index in [0.717, 1.165) is 16.1 Å². The Morgan fingerprint density at radius 1 is 1.17 bits per heavy atom. The zero-order chi connectivity index (χ0) is 21.8. The van der Waals surface area contributed by atoms with Crippen LogP contribution in [0.5, 0.6) is 0 Å². The molecule has 2 aromatic carbocycles. The summed E-state index contributed by atoms with van der Waals surface area (Å²) in [5, 5.41) is 3.19. The molecule has 0 unspecified atom stereocenters. The van der Waals surface area contributed by atoms with Crippen LogP contribution in [-0.4, -0.2) is 39.7 Å². The molecule has 0 aliphatic heterocycles. The summed E-state index contributed by atoms with van der Waals surface area (Å²) in [6, 6.07) is 9.98. The summed E-state index contributed by atoms with van der Waals surface area (Å²) in [5.74, 6) is -1.05. The molecule has 0 aliphatic carbocycles. The number of ether oxygens (including phenoxy) is 1. The first-order valence-corrected chi connectivity index (χ1v) is 11.1. The number of nitrogens with zero attached hydrogens (tertiary/aromatic N) is 1. The number of sulfonamides is 1. The molecule has 1 N–H and O–H groups in total. The first kappa shape index (κ1) is 22.7. The average Bonchev–Trinajstić information content (AvgIpc) is 2.67. The van der Waals surface area contributed by atoms with Gasteiger partial charge in [-0.25, -0.2) is 13.2 Å². The van der Waals surface area contributed by atoms with Crippen molar-refractivity contribution in [2.45, 2.75) is 26.3 Å². The maximum absolute atomic E-state index is 13.0. The van der Waals surface area contributed by atoms with Gasteiger partial charge < -0.3 is 10.1 Å². The van der Waals surface area contributed by atoms with E-state index in [-0.39, 0.29) is 12.0 Å². The molecular formula is C20H23ClN2O5S. The van der Waals surface area contributed by atoms with Crippen LogP contribution < -0.4 is 9.62 Å². The Hall–Kier alpha value is -2.58. The normalized spacial score (nSPS) is 12.2. The van der Waals surface area contributed by atoms with Crippen molar-refractivity contribution in [2.24, 2.45) is 0 Å². The number of methoxy groups -OCH3 is 1. The number of carbonyl (C=O) groups is 2. The number of amides is 1. The molecule has 0 spiro atoms. The highest BCUT2D eigenvalue weighted by molar-refractivity contribution is 7.92. The molecule has 0 radical (unpaired) electrons. The van der Waals surface area contributed by atoms with E-state index in [4.69, 9.17) is 16.3 Å². The summed E-state index contributed by atoms with van der Waals surface area (Å²) in [6.45, 7) is 3.49. The molecule has 1 amide bonds. The molecule has 0 aliphatic rings. The molecule has 0 fully saturated rings. The van der Waals surface area contributed by atoms with Gasteiger partial charge >= 0.3 is 5.97 Å². The van der Waals surface area contributed by atoms with Crippen molar-refractivity contribution in [2.75, 3.05) is 23.0 Å². The van der Waals surface area contributed by atoms with Gasteiger partial charge in [0.1, 0.15) is 6.04 Å². The van der Waals surface area contributed by atoms with Crippen LogP contribution >= 0.6 is 11.6 Å². The lowest BCUT2D eigenvalue weighted by Gasteiger charge is -2.30. The van der Waals surface area contributed by atoms with Gasteiger partial charge in [-0.1, -0.05) is 24.6 Å². The third-order valence-electron chi connectivity index (χ3n) is 4.33. The van der Waals surface area contributed by atoms with Crippen LogP contribution in [-0.2, 0) is 19.6 Å². The Balaban J connectivity index is 2.40. The molecule has 0 saturated carbocycles. The Labute approximate surface area is 175 Å². The summed E-state index contributed by atoms with van der Waals surface area (Å²) in [7, 11) is -2.49. The molecule has 156 valence electrons. The summed E-state index contributed by atoms with van der Waals surface area (Å²) in [5.41, 5.74) is 1.73. The van der Waals surface area contributed by atoms with E-state index in [1.54, 1.807) is 50.2 Å². The van der Waals surface area contributed by atoms with Gasteiger partial charge in [-0.2, -0.15) is 0 Å². The van der Waals surface area contributed by atoms with Crippen LogP contribution in [0.1, 0.15) is 29.3 Å². The molecule has 2 rings (SSSR count). The van der Waals surface area contributed by atoms with Crippen molar-refractivity contribution >= 4 is 44.9 Å². The van der Waals surface area contributed by atoms with E-state index in [0.29, 0.717) is 16.4 Å². The van der Waals surface area contributed by atoms with E-state index in [9.17, 15) is 18.0 Å². The number of anilines is 2. The van der Waals surface area contributed by atoms with Gasteiger partial charge in [-0.05, 0) is 55.3 Å². The number of hydrogen-bond donors (Lipinski definition) is 1. The van der Waals surface area contributed by atoms with Crippen LogP contribution in [0.15, 0.2) is 42.5 Å². The van der Waals surface area contributed by atoms with E-state index >= 15 is 0 Å². The van der Waals surface area contributed by atoms with Crippen molar-refractivity contribution in [3.05, 3.63) is 58.6 Å². The predicted octanol–water partition coefficient (Wildman–Crippen LogP) is 3.62. The quantitative estimate of drug-likeness (QED) is 0.666. The summed E-state index contributed by atoms with van der Waals surface area (Å²) in [6.07, 6.45) is 1.28. The van der Waals surface area contributed by atoms with E-state index in [1.165, 1.54) is 13.2 Å². The largest absolute Gasteiger partial charge is 0.465 e. The maximum Gasteiger partial charge on any atom is 0.337 e. The molecule has 0 aromatic heterocycles. The molecule has 0 heterocycles. The maximum atomic E-state index is 13.0. The SMILES string of the molecule is CC[C@@H](C(=O)Nc1cc(C(=O)OC)ccc1C)N(c1ccc(Cl)cc1)S(C)(=O)=O. The fraction of sp³-hybridized carbons (Fsp3) is 0.300. The predicted molar refractivity (Wildman–Crippen MR) is 114 cm³/mol. The molecule has 1 atom stereocenters. The number of hydrogen-bond acceptors (Lipinski definition) is 5. The van der Waals surface area contributed by atoms with Gasteiger partial charge in [0.05, 0.1) is 24.6 Å². The van der Waals surface area contributed by atoms with Gasteiger partial charge in [0.25, 0.3) is 0 Å². The van der Waals surface area contributed by atoms with Crippen molar-refractivity contribution in [3.8, 4) is 0 Å². The number of benzene rings is 2. The van der Waals surface area contributed by atoms with Gasteiger partial charge in [0.15, 0.2) is 0 Å². The molecule has 0 bridgehead atoms. The zero-order valence-electron chi connectivity index (χ0n) is 16.6. The number of esters is 1. The van der Waals surface area contributed by atoms with E-state index < -0.39 is 27.9 Å². The lowest BCUT2D eigenvalue weighted by Crippen LogP contribution is -2.47. The van der Waals surface area contributed by atoms with Crippen molar-refractivity contribution in [1.82, 2.24) is 0 Å². The van der Waals surface area contributed by atoms with E-state index in [1.807, 2.05) is 0 Å². The highest BCUT2D eigenvalue weighted by Gasteiger charge is 2.31. The second kappa shape index (κ2) is 9.28. The minimum absolute atomic E-state index is 0.233. The van der Waals surface area contributed by atoms with Crippen LogP contribution in [0.4, 0.5) is 11.4 Å². The number of halogens is 1. The fourth-order valence-corrected chi connectivity index (χ4v) is 4.20. The third kappa shape index (κ3) is 5.48. The number of carbonyl (C=O) groups excluding carboxylic acids is 2. The second-order valence-electron chi connectivity index (χ2n) is 6.47. The smallest absolute Gasteiger partial charge is 0.337 e. The molecule has 0 saturated heterocycles. The zero-order valence-corrected chi connectivity index (χ0v) is 18.2. The minimum atomic E-state index is -3.76. The van der Waals surface area contributed by atoms with Crippen LogP contribution in [0.3, 0.4) is 0 Å². The Kier molecular flexibility index (Phi) is 7.26. The standard InChI is InChI=1S/C20H23ClN2O5S/c1-5-18(23(29(4,26)27)16-10-8-15(21)9-11-16)19(24)22-17-12-14(20(25)28-3)7-6-13(17)2/h6-12,18H,5H2,1-4H3,(H,22,24)/t18-/m0/s1. The van der Waals surface area contributed by atoms with Crippen molar-refractivity contribution in [1.29, 1.82) is 0 Å². The molecule has 2 aromatic rings. The molecule has 7 nitrogen and oxygen atoms in total. The molecule has 9 heteroatoms. The van der Waals surface area contributed by atoms with Crippen LogP contribution in [0, 0.1) is 6.92 Å². The Morgan fingerprint density at radius 2 is 1.79 bits per heavy atom. The lowest BCUT2D eigenvalue weighted by atomic mass is 10.1. The van der Waals surface area contributed by atoms with Crippen molar-refractivity contribution < 1.29 is 22.7 Å². The summed E-state index contributed by atoms with van der Waals surface area (Å²) in [4.78, 5) is 24.8. The highest BCUT2D eigenvalue weighted by Crippen LogP contribution is 2.26. The van der Waals surface area contributed by atoms with Gasteiger partial charge in [-0.3, -0.25) is 9.10 Å². The minimum Gasteiger partial charge on any atom is -0.465 e. The van der Waals surface area contributed by atoms with Gasteiger partial charge in [0, 0.05) is 10.7 Å². The topological polar surface area (TPSA) is 92.8 Å².